The molecule has 2 unspecified atom stereocenters. The maximum absolute atomic E-state index is 12.9. The number of carbonyl (C=O) groups excluding carboxylic acids is 1. The third kappa shape index (κ3) is 3.37. The van der Waals surface area contributed by atoms with Gasteiger partial charge in [-0.15, -0.1) is 0 Å². The van der Waals surface area contributed by atoms with E-state index in [9.17, 15) is 19.1 Å². The summed E-state index contributed by atoms with van der Waals surface area (Å²) < 4.78 is 18.1. The minimum Gasteiger partial charge on any atom is -0.481 e. The molecule has 0 radical (unpaired) electrons. The van der Waals surface area contributed by atoms with Gasteiger partial charge in [0, 0.05) is 25.7 Å². The summed E-state index contributed by atoms with van der Waals surface area (Å²) in [5, 5.41) is 12.3. The highest BCUT2D eigenvalue weighted by Gasteiger charge is 2.46. The van der Waals surface area contributed by atoms with Crippen molar-refractivity contribution in [2.45, 2.75) is 25.2 Å². The number of carboxylic acids is 1. The molecule has 1 aliphatic heterocycles. The van der Waals surface area contributed by atoms with Gasteiger partial charge in [0.25, 0.3) is 0 Å². The molecule has 1 heterocycles. The fourth-order valence-electron chi connectivity index (χ4n) is 3.18. The van der Waals surface area contributed by atoms with Gasteiger partial charge in [-0.2, -0.15) is 0 Å². The van der Waals surface area contributed by atoms with Crippen LogP contribution < -0.4 is 5.32 Å². The van der Waals surface area contributed by atoms with Crippen LogP contribution in [-0.2, 0) is 14.3 Å². The van der Waals surface area contributed by atoms with Crippen LogP contribution in [-0.4, -0.2) is 36.7 Å². The molecule has 1 aliphatic carbocycles. The molecule has 2 fully saturated rings. The summed E-state index contributed by atoms with van der Waals surface area (Å²) in [6.07, 6.45) is 1.55. The zero-order chi connectivity index (χ0) is 16.4. The van der Waals surface area contributed by atoms with Gasteiger partial charge in [-0.05, 0) is 42.9 Å². The Balaban J connectivity index is 1.56. The number of benzene rings is 1. The maximum Gasteiger partial charge on any atom is 0.311 e. The lowest BCUT2D eigenvalue weighted by Crippen LogP contribution is -2.46. The minimum atomic E-state index is -0.922. The Morgan fingerprint density at radius 1 is 1.26 bits per heavy atom. The number of ether oxygens (including phenoxy) is 1. The van der Waals surface area contributed by atoms with E-state index in [1.54, 1.807) is 12.1 Å². The Kier molecular flexibility index (Phi) is 4.35. The molecule has 1 aromatic rings. The molecule has 2 atom stereocenters. The summed E-state index contributed by atoms with van der Waals surface area (Å²) >= 11 is 0. The number of carboxylic acid groups (broad SMARTS) is 1. The molecule has 0 spiro atoms. The fourth-order valence-corrected chi connectivity index (χ4v) is 3.18. The Bertz CT molecular complexity index is 595. The van der Waals surface area contributed by atoms with Crippen molar-refractivity contribution in [2.75, 3.05) is 19.8 Å². The zero-order valence-corrected chi connectivity index (χ0v) is 12.8. The normalized spacial score (nSPS) is 25.6. The number of hydrogen-bond donors (Lipinski definition) is 2. The van der Waals surface area contributed by atoms with E-state index in [2.05, 4.69) is 5.32 Å². The summed E-state index contributed by atoms with van der Waals surface area (Å²) in [7, 11) is 0. The van der Waals surface area contributed by atoms with Crippen molar-refractivity contribution in [3.63, 3.8) is 0 Å². The first-order valence-corrected chi connectivity index (χ1v) is 7.86. The Morgan fingerprint density at radius 2 is 1.91 bits per heavy atom. The number of amides is 1. The third-order valence-electron chi connectivity index (χ3n) is 4.93. The molecule has 1 aromatic carbocycles. The highest BCUT2D eigenvalue weighted by molar-refractivity contribution is 5.84. The van der Waals surface area contributed by atoms with E-state index in [1.807, 2.05) is 0 Å². The summed E-state index contributed by atoms with van der Waals surface area (Å²) in [5.74, 6) is -1.34. The lowest BCUT2D eigenvalue weighted by Gasteiger charge is -2.33. The second kappa shape index (κ2) is 6.28. The summed E-state index contributed by atoms with van der Waals surface area (Å²) in [6.45, 7) is 0.949. The lowest BCUT2D eigenvalue weighted by molar-refractivity contribution is -0.154. The molecule has 0 bridgehead atoms. The van der Waals surface area contributed by atoms with Crippen molar-refractivity contribution in [1.29, 1.82) is 0 Å². The number of rotatable bonds is 5. The van der Waals surface area contributed by atoms with E-state index in [4.69, 9.17) is 4.74 Å². The van der Waals surface area contributed by atoms with Gasteiger partial charge in [-0.25, -0.2) is 4.39 Å². The average molecular weight is 321 g/mol. The van der Waals surface area contributed by atoms with Crippen LogP contribution in [0, 0.1) is 17.2 Å². The van der Waals surface area contributed by atoms with Crippen molar-refractivity contribution >= 4 is 11.9 Å². The number of carbonyl (C=O) groups is 2. The SMILES string of the molecule is O=C(NCC1(C(=O)O)CCOCC1)C1CC1c1ccc(F)cc1. The first-order valence-electron chi connectivity index (χ1n) is 7.86. The molecular weight excluding hydrogens is 301 g/mol. The van der Waals surface area contributed by atoms with Gasteiger partial charge in [0.15, 0.2) is 0 Å². The van der Waals surface area contributed by atoms with Crippen molar-refractivity contribution in [1.82, 2.24) is 5.32 Å². The standard InChI is InChI=1S/C17H20FNO4/c18-12-3-1-11(2-4-12)13-9-14(13)15(20)19-10-17(16(21)22)5-7-23-8-6-17/h1-4,13-14H,5-10H2,(H,19,20)(H,21,22). The van der Waals surface area contributed by atoms with Crippen molar-refractivity contribution < 1.29 is 23.8 Å². The van der Waals surface area contributed by atoms with Gasteiger partial charge in [-0.3, -0.25) is 9.59 Å². The smallest absolute Gasteiger partial charge is 0.311 e. The molecule has 2 aliphatic rings. The molecule has 124 valence electrons. The zero-order valence-electron chi connectivity index (χ0n) is 12.8. The Morgan fingerprint density at radius 3 is 2.52 bits per heavy atom. The van der Waals surface area contributed by atoms with Crippen LogP contribution in [0.3, 0.4) is 0 Å². The number of aliphatic carboxylic acids is 1. The molecule has 5 nitrogen and oxygen atoms in total. The summed E-state index contributed by atoms with van der Waals surface area (Å²) in [5.41, 5.74) is 0.0271. The first kappa shape index (κ1) is 15.9. The first-order chi connectivity index (χ1) is 11.0. The van der Waals surface area contributed by atoms with Crippen LogP contribution in [0.2, 0.25) is 0 Å². The maximum atomic E-state index is 12.9. The molecule has 1 saturated carbocycles. The van der Waals surface area contributed by atoms with Gasteiger partial charge in [0.1, 0.15) is 5.82 Å². The molecule has 3 rings (SSSR count). The van der Waals surface area contributed by atoms with E-state index in [-0.39, 0.29) is 30.1 Å². The number of hydrogen-bond acceptors (Lipinski definition) is 3. The molecule has 6 heteroatoms. The van der Waals surface area contributed by atoms with E-state index < -0.39 is 11.4 Å². The van der Waals surface area contributed by atoms with E-state index >= 15 is 0 Å². The largest absolute Gasteiger partial charge is 0.481 e. The topological polar surface area (TPSA) is 75.6 Å². The predicted octanol–water partition coefficient (Wildman–Crippen LogP) is 1.93. The highest BCUT2D eigenvalue weighted by Crippen LogP contribution is 2.47. The molecule has 2 N–H and O–H groups in total. The summed E-state index contributed by atoms with van der Waals surface area (Å²) in [4.78, 5) is 23.8. The van der Waals surface area contributed by atoms with E-state index in [1.165, 1.54) is 12.1 Å². The van der Waals surface area contributed by atoms with Gasteiger partial charge in [0.05, 0.1) is 5.41 Å². The molecule has 1 amide bonds. The van der Waals surface area contributed by atoms with Crippen molar-refractivity contribution in [3.8, 4) is 0 Å². The van der Waals surface area contributed by atoms with Crippen molar-refractivity contribution in [2.24, 2.45) is 11.3 Å². The van der Waals surface area contributed by atoms with Crippen molar-refractivity contribution in [3.05, 3.63) is 35.6 Å². The molecule has 23 heavy (non-hydrogen) atoms. The Labute approximate surface area is 133 Å². The molecular formula is C17H20FNO4. The predicted molar refractivity (Wildman–Crippen MR) is 80.4 cm³/mol. The second-order valence-corrected chi connectivity index (χ2v) is 6.42. The minimum absolute atomic E-state index is 0.103. The molecule has 0 aromatic heterocycles. The van der Waals surface area contributed by atoms with Crippen LogP contribution in [0.1, 0.15) is 30.7 Å². The fraction of sp³-hybridized carbons (Fsp3) is 0.529. The quantitative estimate of drug-likeness (QED) is 0.869. The highest BCUT2D eigenvalue weighted by atomic mass is 19.1. The molecule has 1 saturated heterocycles. The Hall–Kier alpha value is -1.95. The van der Waals surface area contributed by atoms with Crippen LogP contribution >= 0.6 is 0 Å². The van der Waals surface area contributed by atoms with E-state index in [0.717, 1.165) is 12.0 Å². The number of halogens is 1. The van der Waals surface area contributed by atoms with Gasteiger partial charge < -0.3 is 15.2 Å². The van der Waals surface area contributed by atoms with Gasteiger partial charge >= 0.3 is 5.97 Å². The summed E-state index contributed by atoms with van der Waals surface area (Å²) in [6, 6.07) is 6.18. The monoisotopic (exact) mass is 321 g/mol. The van der Waals surface area contributed by atoms with Crippen LogP contribution in [0.25, 0.3) is 0 Å². The second-order valence-electron chi connectivity index (χ2n) is 6.42. The van der Waals surface area contributed by atoms with Gasteiger partial charge in [0.2, 0.25) is 5.91 Å². The number of nitrogens with one attached hydrogen (secondary N) is 1. The average Bonchev–Trinajstić information content (AvgIpc) is 3.35. The lowest BCUT2D eigenvalue weighted by atomic mass is 9.80. The van der Waals surface area contributed by atoms with Gasteiger partial charge in [-0.1, -0.05) is 12.1 Å². The van der Waals surface area contributed by atoms with Crippen LogP contribution in [0.5, 0.6) is 0 Å². The van der Waals surface area contributed by atoms with E-state index in [0.29, 0.717) is 26.1 Å². The van der Waals surface area contributed by atoms with Crippen LogP contribution in [0.15, 0.2) is 24.3 Å². The third-order valence-corrected chi connectivity index (χ3v) is 4.93. The van der Waals surface area contributed by atoms with Crippen LogP contribution in [0.4, 0.5) is 4.39 Å².